The molecule has 0 aliphatic rings. The van der Waals surface area contributed by atoms with Crippen molar-refractivity contribution in [3.63, 3.8) is 0 Å². The molecule has 0 unspecified atom stereocenters. The van der Waals surface area contributed by atoms with E-state index in [4.69, 9.17) is 11.6 Å². The number of halogens is 1. The second-order valence-corrected chi connectivity index (χ2v) is 6.98. The molecule has 3 N–H and O–H groups in total. The van der Waals surface area contributed by atoms with Gasteiger partial charge in [0, 0.05) is 40.8 Å². The number of carbonyl (C=O) groups excluding carboxylic acids is 1. The average Bonchev–Trinajstić information content (AvgIpc) is 2.64. The van der Waals surface area contributed by atoms with E-state index in [1.807, 2.05) is 36.4 Å². The second kappa shape index (κ2) is 9.25. The number of hydrogen-bond acceptors (Lipinski definition) is 6. The van der Waals surface area contributed by atoms with Crippen molar-refractivity contribution in [2.24, 2.45) is 0 Å². The van der Waals surface area contributed by atoms with Crippen molar-refractivity contribution < 1.29 is 9.90 Å². The Balaban J connectivity index is 1.64. The van der Waals surface area contributed by atoms with E-state index in [-0.39, 0.29) is 18.1 Å². The van der Waals surface area contributed by atoms with Gasteiger partial charge in [-0.1, -0.05) is 17.8 Å². The summed E-state index contributed by atoms with van der Waals surface area (Å²) in [6.45, 7) is 0. The lowest BCUT2D eigenvalue weighted by Crippen LogP contribution is -2.11. The number of amides is 1. The van der Waals surface area contributed by atoms with Crippen molar-refractivity contribution in [2.75, 3.05) is 16.5 Å². The highest BCUT2D eigenvalue weighted by molar-refractivity contribution is 7.99. The molecule has 2 aromatic carbocycles. The van der Waals surface area contributed by atoms with Gasteiger partial charge in [0.2, 0.25) is 11.9 Å². The highest BCUT2D eigenvalue weighted by Gasteiger charge is 2.05. The zero-order valence-corrected chi connectivity index (χ0v) is 15.8. The summed E-state index contributed by atoms with van der Waals surface area (Å²) in [5.74, 6) is 0.801. The average molecular weight is 401 g/mol. The number of rotatable bonds is 7. The first-order chi connectivity index (χ1) is 13.1. The van der Waals surface area contributed by atoms with Gasteiger partial charge in [-0.3, -0.25) is 4.79 Å². The molecule has 0 radical (unpaired) electrons. The van der Waals surface area contributed by atoms with E-state index in [0.29, 0.717) is 17.5 Å². The molecule has 0 saturated carbocycles. The summed E-state index contributed by atoms with van der Waals surface area (Å²) in [4.78, 5) is 21.2. The van der Waals surface area contributed by atoms with E-state index in [0.717, 1.165) is 15.6 Å². The van der Waals surface area contributed by atoms with Crippen LogP contribution < -0.4 is 10.6 Å². The lowest BCUT2D eigenvalue weighted by Gasteiger charge is -2.08. The second-order valence-electron chi connectivity index (χ2n) is 5.51. The van der Waals surface area contributed by atoms with Gasteiger partial charge < -0.3 is 15.7 Å². The van der Waals surface area contributed by atoms with Gasteiger partial charge in [0.1, 0.15) is 10.8 Å². The Labute approximate surface area is 166 Å². The third kappa shape index (κ3) is 5.87. The molecule has 0 bridgehead atoms. The molecule has 0 aliphatic carbocycles. The maximum absolute atomic E-state index is 11.6. The standard InChI is InChI=1S/C19H17ClN4O2S/c20-10-8-17(26)22-13-4-6-16(7-5-13)27-18-9-11-21-19(24-18)23-14-2-1-3-15(25)12-14/h1-7,9,11-12,25H,8,10H2,(H,22,26)(H,21,23,24). The molecule has 27 heavy (non-hydrogen) atoms. The minimum atomic E-state index is -0.108. The van der Waals surface area contributed by atoms with Crippen LogP contribution in [0.2, 0.25) is 0 Å². The monoisotopic (exact) mass is 400 g/mol. The van der Waals surface area contributed by atoms with Gasteiger partial charge >= 0.3 is 0 Å². The third-order valence-corrected chi connectivity index (χ3v) is 4.55. The van der Waals surface area contributed by atoms with Crippen molar-refractivity contribution in [3.8, 4) is 5.75 Å². The van der Waals surface area contributed by atoms with Crippen LogP contribution in [0.25, 0.3) is 0 Å². The van der Waals surface area contributed by atoms with E-state index >= 15 is 0 Å². The first-order valence-corrected chi connectivity index (χ1v) is 9.50. The van der Waals surface area contributed by atoms with E-state index in [9.17, 15) is 9.90 Å². The molecule has 8 heteroatoms. The van der Waals surface area contributed by atoms with Crippen molar-refractivity contribution in [1.82, 2.24) is 9.97 Å². The molecule has 0 saturated heterocycles. The predicted octanol–water partition coefficient (Wildman–Crippen LogP) is 4.64. The number of nitrogens with zero attached hydrogens (tertiary/aromatic N) is 2. The number of aromatic hydroxyl groups is 1. The van der Waals surface area contributed by atoms with Crippen LogP contribution in [0, 0.1) is 0 Å². The van der Waals surface area contributed by atoms with Crippen LogP contribution in [-0.4, -0.2) is 26.9 Å². The summed E-state index contributed by atoms with van der Waals surface area (Å²) < 4.78 is 0. The number of phenols is 1. The summed E-state index contributed by atoms with van der Waals surface area (Å²) in [5, 5.41) is 16.1. The number of alkyl halides is 1. The van der Waals surface area contributed by atoms with Crippen LogP contribution in [0.4, 0.5) is 17.3 Å². The molecular formula is C19H17ClN4O2S. The quantitative estimate of drug-likeness (QED) is 0.395. The van der Waals surface area contributed by atoms with Crippen LogP contribution in [0.3, 0.4) is 0 Å². The number of anilines is 3. The minimum absolute atomic E-state index is 0.108. The van der Waals surface area contributed by atoms with E-state index in [1.165, 1.54) is 11.8 Å². The fraction of sp³-hybridized carbons (Fsp3) is 0.105. The zero-order chi connectivity index (χ0) is 19.1. The predicted molar refractivity (Wildman–Crippen MR) is 108 cm³/mol. The van der Waals surface area contributed by atoms with E-state index in [2.05, 4.69) is 20.6 Å². The molecule has 0 fully saturated rings. The summed E-state index contributed by atoms with van der Waals surface area (Å²) in [5.41, 5.74) is 1.43. The van der Waals surface area contributed by atoms with Gasteiger partial charge in [-0.25, -0.2) is 9.97 Å². The fourth-order valence-corrected chi connectivity index (χ4v) is 3.15. The van der Waals surface area contributed by atoms with Gasteiger partial charge in [0.05, 0.1) is 0 Å². The first kappa shape index (κ1) is 19.0. The summed E-state index contributed by atoms with van der Waals surface area (Å²) >= 11 is 7.03. The topological polar surface area (TPSA) is 87.1 Å². The van der Waals surface area contributed by atoms with Crippen LogP contribution in [0.15, 0.2) is 70.7 Å². The smallest absolute Gasteiger partial charge is 0.228 e. The van der Waals surface area contributed by atoms with Gasteiger partial charge in [-0.05, 0) is 42.5 Å². The first-order valence-electron chi connectivity index (χ1n) is 8.15. The van der Waals surface area contributed by atoms with Crippen molar-refractivity contribution in [2.45, 2.75) is 16.3 Å². The number of benzene rings is 2. The molecule has 3 aromatic rings. The van der Waals surface area contributed by atoms with Crippen LogP contribution in [-0.2, 0) is 4.79 Å². The summed E-state index contributed by atoms with van der Waals surface area (Å²) in [6.07, 6.45) is 1.95. The number of carbonyl (C=O) groups is 1. The zero-order valence-electron chi connectivity index (χ0n) is 14.2. The largest absolute Gasteiger partial charge is 0.508 e. The molecule has 1 aromatic heterocycles. The molecule has 1 heterocycles. The normalized spacial score (nSPS) is 10.4. The minimum Gasteiger partial charge on any atom is -0.508 e. The Morgan fingerprint density at radius 1 is 1.11 bits per heavy atom. The molecule has 0 atom stereocenters. The fourth-order valence-electron chi connectivity index (χ4n) is 2.21. The number of aromatic nitrogens is 2. The molecular weight excluding hydrogens is 384 g/mol. The Hall–Kier alpha value is -2.77. The van der Waals surface area contributed by atoms with Crippen LogP contribution in [0.1, 0.15) is 6.42 Å². The molecule has 6 nitrogen and oxygen atoms in total. The highest BCUT2D eigenvalue weighted by atomic mass is 35.5. The van der Waals surface area contributed by atoms with Gasteiger partial charge in [-0.2, -0.15) is 0 Å². The van der Waals surface area contributed by atoms with Crippen molar-refractivity contribution in [3.05, 3.63) is 60.8 Å². The highest BCUT2D eigenvalue weighted by Crippen LogP contribution is 2.28. The van der Waals surface area contributed by atoms with Gasteiger partial charge in [0.15, 0.2) is 0 Å². The maximum atomic E-state index is 11.6. The summed E-state index contributed by atoms with van der Waals surface area (Å²) in [6, 6.07) is 16.1. The third-order valence-electron chi connectivity index (χ3n) is 3.41. The van der Waals surface area contributed by atoms with Gasteiger partial charge in [-0.15, -0.1) is 11.6 Å². The maximum Gasteiger partial charge on any atom is 0.228 e. The Morgan fingerprint density at radius 2 is 1.93 bits per heavy atom. The van der Waals surface area contributed by atoms with E-state index in [1.54, 1.807) is 24.4 Å². The molecule has 3 rings (SSSR count). The Morgan fingerprint density at radius 3 is 2.67 bits per heavy atom. The number of nitrogens with one attached hydrogen (secondary N) is 2. The number of hydrogen-bond donors (Lipinski definition) is 3. The summed E-state index contributed by atoms with van der Waals surface area (Å²) in [7, 11) is 0. The van der Waals surface area contributed by atoms with Crippen molar-refractivity contribution >= 4 is 46.6 Å². The van der Waals surface area contributed by atoms with Gasteiger partial charge in [0.25, 0.3) is 0 Å². The Kier molecular flexibility index (Phi) is 6.51. The Bertz CT molecular complexity index is 922. The molecule has 0 aliphatic heterocycles. The molecule has 0 spiro atoms. The molecule has 1 amide bonds. The lowest BCUT2D eigenvalue weighted by atomic mass is 10.3. The number of phenolic OH excluding ortho intramolecular Hbond substituents is 1. The molecule has 138 valence electrons. The van der Waals surface area contributed by atoms with Crippen LogP contribution in [0.5, 0.6) is 5.75 Å². The van der Waals surface area contributed by atoms with E-state index < -0.39 is 0 Å². The SMILES string of the molecule is O=C(CCCl)Nc1ccc(Sc2ccnc(Nc3cccc(O)c3)n2)cc1. The van der Waals surface area contributed by atoms with Crippen LogP contribution >= 0.6 is 23.4 Å². The lowest BCUT2D eigenvalue weighted by molar-refractivity contribution is -0.115. The van der Waals surface area contributed by atoms with Crippen molar-refractivity contribution in [1.29, 1.82) is 0 Å².